The van der Waals surface area contributed by atoms with Crippen LogP contribution in [0.3, 0.4) is 0 Å². The molecule has 1 aromatic heterocycles. The number of nitrogens with one attached hydrogen (secondary N) is 2. The number of nitrogens with zero attached hydrogens (tertiary/aromatic N) is 4. The summed E-state index contributed by atoms with van der Waals surface area (Å²) in [5.74, 6) is -1.47. The fourth-order valence-electron chi connectivity index (χ4n) is 7.97. The Bertz CT molecular complexity index is 3110. The van der Waals surface area contributed by atoms with E-state index in [2.05, 4.69) is 21.7 Å². The predicted octanol–water partition coefficient (Wildman–Crippen LogP) is 7.95. The van der Waals surface area contributed by atoms with Gasteiger partial charge in [-0.05, 0) is 95.3 Å². The van der Waals surface area contributed by atoms with Gasteiger partial charge in [-0.15, -0.1) is 0 Å². The number of anilines is 2. The molecule has 2 aliphatic heterocycles. The normalized spacial score (nSPS) is 16.1. The molecule has 2 aliphatic rings. The Morgan fingerprint density at radius 2 is 1.62 bits per heavy atom. The maximum atomic E-state index is 14.8. The van der Waals surface area contributed by atoms with Crippen LogP contribution >= 0.6 is 34.5 Å². The topological polar surface area (TPSA) is 197 Å². The number of sulfonamides is 1. The van der Waals surface area contributed by atoms with Crippen molar-refractivity contribution in [3.8, 4) is 28.7 Å². The van der Waals surface area contributed by atoms with E-state index in [0.29, 0.717) is 55.0 Å². The van der Waals surface area contributed by atoms with E-state index in [-0.39, 0.29) is 46.9 Å². The highest BCUT2D eigenvalue weighted by Crippen LogP contribution is 2.43. The number of likely N-dealkylation sites (N-methyl/N-ethyl adjacent to an activating group) is 1. The summed E-state index contributed by atoms with van der Waals surface area (Å²) < 4.78 is 47.8. The number of aryl methyl sites for hydroxylation is 1. The third-order valence-corrected chi connectivity index (χ3v) is 15.8. The first kappa shape index (κ1) is 47.7. The molecule has 3 amide bonds. The van der Waals surface area contributed by atoms with Crippen molar-refractivity contribution in [1.82, 2.24) is 14.6 Å². The molecule has 2 N–H and O–H groups in total. The number of nitriles is 1. The van der Waals surface area contributed by atoms with Crippen molar-refractivity contribution >= 4 is 79.1 Å². The number of aromatic nitrogens is 1. The fourth-order valence-corrected chi connectivity index (χ4v) is 11.4. The SMILES string of the molecule is COC(=O)C(Cc1ccc(-c2ccc(C#N)cc2)cc1)NC(=O)[C@@H]1Cc2cc3c(cc2CN1S(=O)(=O)c1sc(NC(C)=O)nc1C)O[C@@H](c1ccc(OCc2ccc(Cl)c(Cl)c2)cc1)C(=O)N3C. The summed E-state index contributed by atoms with van der Waals surface area (Å²) in [4.78, 5) is 59.4. The number of esters is 1. The third kappa shape index (κ3) is 10.1. The van der Waals surface area contributed by atoms with Crippen LogP contribution in [-0.4, -0.2) is 67.6 Å². The van der Waals surface area contributed by atoms with Crippen LogP contribution in [0, 0.1) is 18.3 Å². The second-order valence-corrected chi connectivity index (χ2v) is 20.0. The maximum absolute atomic E-state index is 14.8. The summed E-state index contributed by atoms with van der Waals surface area (Å²) in [6.07, 6.45) is -1.18. The zero-order chi connectivity index (χ0) is 48.4. The summed E-state index contributed by atoms with van der Waals surface area (Å²) in [6, 6.07) is 29.4. The lowest BCUT2D eigenvalue weighted by atomic mass is 9.93. The van der Waals surface area contributed by atoms with E-state index in [1.165, 1.54) is 25.9 Å². The number of halogens is 2. The van der Waals surface area contributed by atoms with E-state index >= 15 is 0 Å². The Morgan fingerprint density at radius 3 is 2.26 bits per heavy atom. The van der Waals surface area contributed by atoms with Crippen molar-refractivity contribution in [2.24, 2.45) is 0 Å². The number of hydrogen-bond donors (Lipinski definition) is 2. The molecule has 0 fully saturated rings. The van der Waals surface area contributed by atoms with E-state index in [0.717, 1.165) is 32.3 Å². The first-order valence-corrected chi connectivity index (χ1v) is 24.1. The van der Waals surface area contributed by atoms with Crippen LogP contribution in [0.15, 0.2) is 107 Å². The van der Waals surface area contributed by atoms with Gasteiger partial charge in [0.2, 0.25) is 17.9 Å². The minimum atomic E-state index is -4.51. The van der Waals surface area contributed by atoms with Crippen molar-refractivity contribution < 1.29 is 41.8 Å². The van der Waals surface area contributed by atoms with Gasteiger partial charge in [0.1, 0.15) is 30.2 Å². The average molecular weight is 994 g/mol. The Balaban J connectivity index is 1.07. The number of rotatable bonds is 13. The van der Waals surface area contributed by atoms with E-state index in [4.69, 9.17) is 37.4 Å². The van der Waals surface area contributed by atoms with E-state index < -0.39 is 46.0 Å². The maximum Gasteiger partial charge on any atom is 0.328 e. The van der Waals surface area contributed by atoms with Gasteiger partial charge in [0, 0.05) is 32.5 Å². The minimum Gasteiger partial charge on any atom is -0.489 e. The lowest BCUT2D eigenvalue weighted by Crippen LogP contribution is -2.56. The van der Waals surface area contributed by atoms with Gasteiger partial charge in [-0.1, -0.05) is 89.1 Å². The molecule has 0 spiro atoms. The summed E-state index contributed by atoms with van der Waals surface area (Å²) >= 11 is 13.0. The van der Waals surface area contributed by atoms with Crippen LogP contribution in [0.1, 0.15) is 52.1 Å². The number of ether oxygens (including phenoxy) is 3. The summed E-state index contributed by atoms with van der Waals surface area (Å²) in [5, 5.41) is 15.4. The van der Waals surface area contributed by atoms with Crippen LogP contribution < -0.4 is 25.0 Å². The quantitative estimate of drug-likeness (QED) is 0.107. The lowest BCUT2D eigenvalue weighted by molar-refractivity contribution is -0.145. The van der Waals surface area contributed by atoms with E-state index in [1.54, 1.807) is 85.9 Å². The van der Waals surface area contributed by atoms with Crippen molar-refractivity contribution in [1.29, 1.82) is 5.26 Å². The molecule has 0 bridgehead atoms. The third-order valence-electron chi connectivity index (χ3n) is 11.5. The average Bonchev–Trinajstić information content (AvgIpc) is 3.71. The highest BCUT2D eigenvalue weighted by molar-refractivity contribution is 7.91. The predicted molar refractivity (Wildman–Crippen MR) is 256 cm³/mol. The Morgan fingerprint density at radius 1 is 0.941 bits per heavy atom. The molecule has 348 valence electrons. The van der Waals surface area contributed by atoms with Crippen LogP contribution in [0.25, 0.3) is 11.1 Å². The summed E-state index contributed by atoms with van der Waals surface area (Å²) in [6.45, 7) is 2.70. The number of carbonyl (C=O) groups is 4. The molecule has 8 rings (SSSR count). The highest BCUT2D eigenvalue weighted by Gasteiger charge is 2.44. The summed E-state index contributed by atoms with van der Waals surface area (Å²) in [5.41, 5.74) is 5.94. The van der Waals surface area contributed by atoms with Crippen LogP contribution in [0.2, 0.25) is 10.0 Å². The van der Waals surface area contributed by atoms with Crippen molar-refractivity contribution in [3.05, 3.63) is 152 Å². The van der Waals surface area contributed by atoms with E-state index in [1.807, 2.05) is 24.3 Å². The molecule has 5 aromatic carbocycles. The number of fused-ring (bicyclic) bond motifs is 2. The van der Waals surface area contributed by atoms with Gasteiger partial charge < -0.3 is 29.7 Å². The molecule has 3 heterocycles. The van der Waals surface area contributed by atoms with Gasteiger partial charge in [0.05, 0.1) is 40.2 Å². The number of amides is 3. The van der Waals surface area contributed by atoms with Crippen LogP contribution in [0.5, 0.6) is 11.5 Å². The zero-order valence-electron chi connectivity index (χ0n) is 36.9. The van der Waals surface area contributed by atoms with Gasteiger partial charge in [-0.3, -0.25) is 14.4 Å². The monoisotopic (exact) mass is 992 g/mol. The Labute approximate surface area is 406 Å². The molecule has 0 saturated heterocycles. The van der Waals surface area contributed by atoms with Crippen molar-refractivity contribution in [2.75, 3.05) is 24.4 Å². The molecule has 1 unspecified atom stereocenters. The molecular formula is C49H42Cl2N6O9S2. The minimum absolute atomic E-state index is 0.0174. The van der Waals surface area contributed by atoms with Gasteiger partial charge in [0.25, 0.3) is 15.9 Å². The van der Waals surface area contributed by atoms with Gasteiger partial charge in [-0.25, -0.2) is 18.2 Å². The molecule has 0 aliphatic carbocycles. The van der Waals surface area contributed by atoms with Gasteiger partial charge in [0.15, 0.2) is 9.34 Å². The first-order valence-electron chi connectivity index (χ1n) is 21.0. The largest absolute Gasteiger partial charge is 0.489 e. The molecule has 3 atom stereocenters. The fraction of sp³-hybridized carbons (Fsp3) is 0.224. The van der Waals surface area contributed by atoms with Crippen molar-refractivity contribution in [2.45, 2.75) is 62.2 Å². The molecule has 19 heteroatoms. The first-order chi connectivity index (χ1) is 32.5. The van der Waals surface area contributed by atoms with Crippen molar-refractivity contribution in [3.63, 3.8) is 0 Å². The second kappa shape index (κ2) is 19.8. The smallest absolute Gasteiger partial charge is 0.328 e. The zero-order valence-corrected chi connectivity index (χ0v) is 40.1. The summed E-state index contributed by atoms with van der Waals surface area (Å²) in [7, 11) is -1.71. The Kier molecular flexibility index (Phi) is 13.9. The number of thiazole rings is 1. The lowest BCUT2D eigenvalue weighted by Gasteiger charge is -2.38. The number of hydrogen-bond acceptors (Lipinski definition) is 12. The standard InChI is InChI=1S/C49H42Cl2N6O9S2/c1-27-48(67-49(53-27)54-28(2)58)68(62,63)57-25-36-23-43-41(56(3)46(60)44(66-43)34-14-16-37(17-15-34)65-26-31-9-18-38(50)39(51)19-31)21-35(36)22-42(57)45(59)55-40(47(61)64-4)20-29-5-10-32(11-6-29)33-12-7-30(24-52)8-13-33/h5-19,21,23,40,42,44H,20,22,25-26H2,1-4H3,(H,55,59)(H,53,54,58)/t40?,42-,44-/m0/s1. The molecular weight excluding hydrogens is 952 g/mol. The number of carbonyl (C=O) groups excluding carboxylic acids is 4. The van der Waals surface area contributed by atoms with E-state index in [9.17, 15) is 32.9 Å². The number of methoxy groups -OCH3 is 1. The van der Waals surface area contributed by atoms with Gasteiger partial charge in [-0.2, -0.15) is 9.57 Å². The number of benzene rings is 5. The van der Waals surface area contributed by atoms with Crippen LogP contribution in [0.4, 0.5) is 10.8 Å². The molecule has 6 aromatic rings. The molecule has 68 heavy (non-hydrogen) atoms. The van der Waals surface area contributed by atoms with Crippen LogP contribution in [-0.2, 0) is 59.9 Å². The molecule has 15 nitrogen and oxygen atoms in total. The highest BCUT2D eigenvalue weighted by atomic mass is 35.5. The van der Waals surface area contributed by atoms with Gasteiger partial charge >= 0.3 is 5.97 Å². The molecule has 0 saturated carbocycles. The molecule has 0 radical (unpaired) electrons. The Hall–Kier alpha value is -6.81. The second-order valence-electron chi connectivity index (χ2n) is 16.1.